The summed E-state index contributed by atoms with van der Waals surface area (Å²) in [4.78, 5) is 22.6. The zero-order valence-corrected chi connectivity index (χ0v) is 11.1. The van der Waals surface area contributed by atoms with Crippen LogP contribution in [0.2, 0.25) is 0 Å². The number of hydrogen-bond donors (Lipinski definition) is 2. The number of nitrogens with one attached hydrogen (secondary N) is 1. The Labute approximate surface area is 111 Å². The highest BCUT2D eigenvalue weighted by molar-refractivity contribution is 5.95. The maximum atomic E-state index is 11.5. The van der Waals surface area contributed by atoms with E-state index in [1.54, 1.807) is 45.0 Å². The third-order valence-corrected chi connectivity index (χ3v) is 1.98. The number of hydrogen-bond acceptors (Lipinski definition) is 3. The number of aliphatic carboxylic acids is 1. The first-order valence-electron chi connectivity index (χ1n) is 5.78. The van der Waals surface area contributed by atoms with Crippen LogP contribution in [0.4, 0.5) is 4.79 Å². The molecule has 0 saturated carbocycles. The molecule has 0 fully saturated rings. The van der Waals surface area contributed by atoms with Crippen molar-refractivity contribution in [2.24, 2.45) is 0 Å². The van der Waals surface area contributed by atoms with Crippen LogP contribution in [0.15, 0.2) is 36.0 Å². The molecule has 0 aliphatic heterocycles. The Kier molecular flexibility index (Phi) is 4.69. The third-order valence-electron chi connectivity index (χ3n) is 1.98. The average Bonchev–Trinajstić information content (AvgIpc) is 2.26. The minimum Gasteiger partial charge on any atom is -0.477 e. The minimum atomic E-state index is -1.23. The van der Waals surface area contributed by atoms with Crippen LogP contribution < -0.4 is 5.32 Å². The van der Waals surface area contributed by atoms with E-state index in [0.29, 0.717) is 5.56 Å². The van der Waals surface area contributed by atoms with Gasteiger partial charge in [-0.05, 0) is 32.4 Å². The lowest BCUT2D eigenvalue weighted by molar-refractivity contribution is -0.133. The zero-order chi connectivity index (χ0) is 14.5. The Morgan fingerprint density at radius 1 is 1.21 bits per heavy atom. The van der Waals surface area contributed by atoms with Gasteiger partial charge in [-0.25, -0.2) is 9.59 Å². The largest absolute Gasteiger partial charge is 0.477 e. The van der Waals surface area contributed by atoms with Crippen molar-refractivity contribution in [3.8, 4) is 0 Å². The third kappa shape index (κ3) is 5.72. The summed E-state index contributed by atoms with van der Waals surface area (Å²) < 4.78 is 5.00. The summed E-state index contributed by atoms with van der Waals surface area (Å²) in [7, 11) is 0. The van der Waals surface area contributed by atoms with Crippen molar-refractivity contribution in [3.63, 3.8) is 0 Å². The fraction of sp³-hybridized carbons (Fsp3) is 0.286. The predicted molar refractivity (Wildman–Crippen MR) is 71.4 cm³/mol. The maximum Gasteiger partial charge on any atom is 0.412 e. The van der Waals surface area contributed by atoms with Crippen LogP contribution in [-0.2, 0) is 9.53 Å². The fourth-order valence-electron chi connectivity index (χ4n) is 1.28. The summed E-state index contributed by atoms with van der Waals surface area (Å²) in [6.45, 7) is 5.11. The van der Waals surface area contributed by atoms with Crippen molar-refractivity contribution in [3.05, 3.63) is 41.6 Å². The number of alkyl carbamates (subject to hydrolysis) is 1. The van der Waals surface area contributed by atoms with E-state index in [9.17, 15) is 9.59 Å². The van der Waals surface area contributed by atoms with Crippen molar-refractivity contribution in [1.29, 1.82) is 0 Å². The van der Waals surface area contributed by atoms with E-state index < -0.39 is 17.7 Å². The van der Waals surface area contributed by atoms with Crippen LogP contribution >= 0.6 is 0 Å². The molecule has 0 aliphatic carbocycles. The van der Waals surface area contributed by atoms with E-state index in [-0.39, 0.29) is 5.70 Å². The van der Waals surface area contributed by atoms with Crippen LogP contribution in [0.3, 0.4) is 0 Å². The summed E-state index contributed by atoms with van der Waals surface area (Å²) in [5.41, 5.74) is -0.239. The van der Waals surface area contributed by atoms with Crippen molar-refractivity contribution >= 4 is 18.1 Å². The van der Waals surface area contributed by atoms with Crippen molar-refractivity contribution in [2.45, 2.75) is 26.4 Å². The van der Waals surface area contributed by atoms with E-state index in [2.05, 4.69) is 5.32 Å². The molecule has 0 aliphatic rings. The molecule has 1 rings (SSSR count). The number of benzene rings is 1. The topological polar surface area (TPSA) is 75.6 Å². The maximum absolute atomic E-state index is 11.5. The molecule has 19 heavy (non-hydrogen) atoms. The average molecular weight is 263 g/mol. The number of ether oxygens (including phenoxy) is 1. The summed E-state index contributed by atoms with van der Waals surface area (Å²) >= 11 is 0. The first-order chi connectivity index (χ1) is 8.78. The van der Waals surface area contributed by atoms with Crippen molar-refractivity contribution in [2.75, 3.05) is 0 Å². The van der Waals surface area contributed by atoms with Gasteiger partial charge in [0.25, 0.3) is 0 Å². The van der Waals surface area contributed by atoms with Gasteiger partial charge in [-0.1, -0.05) is 30.3 Å². The Balaban J connectivity index is 2.83. The lowest BCUT2D eigenvalue weighted by Gasteiger charge is -2.19. The van der Waals surface area contributed by atoms with Gasteiger partial charge in [0.2, 0.25) is 0 Å². The standard InChI is InChI=1S/C14H17NO4/c1-14(2,3)19-13(18)15-11(12(16)17)9-10-7-5-4-6-8-10/h4-9H,1-3H3,(H,15,18)(H,16,17). The van der Waals surface area contributed by atoms with E-state index in [1.165, 1.54) is 6.08 Å². The van der Waals surface area contributed by atoms with Gasteiger partial charge in [-0.3, -0.25) is 5.32 Å². The summed E-state index contributed by atoms with van der Waals surface area (Å²) in [6.07, 6.45) is 0.573. The molecule has 2 N–H and O–H groups in total. The van der Waals surface area contributed by atoms with Crippen LogP contribution in [0, 0.1) is 0 Å². The number of carboxylic acids is 1. The van der Waals surface area contributed by atoms with Crippen LogP contribution in [0.1, 0.15) is 26.3 Å². The molecule has 5 heteroatoms. The number of rotatable bonds is 3. The molecule has 1 aromatic rings. The van der Waals surface area contributed by atoms with E-state index in [0.717, 1.165) is 0 Å². The molecule has 0 aromatic heterocycles. The molecule has 0 unspecified atom stereocenters. The van der Waals surface area contributed by atoms with Crippen molar-refractivity contribution in [1.82, 2.24) is 5.32 Å². The van der Waals surface area contributed by atoms with Gasteiger partial charge < -0.3 is 9.84 Å². The molecule has 0 atom stereocenters. The molecular formula is C14H17NO4. The highest BCUT2D eigenvalue weighted by atomic mass is 16.6. The number of carboxylic acid groups (broad SMARTS) is 1. The Morgan fingerprint density at radius 3 is 2.26 bits per heavy atom. The highest BCUT2D eigenvalue weighted by Gasteiger charge is 2.19. The molecule has 1 aromatic carbocycles. The lowest BCUT2D eigenvalue weighted by atomic mass is 10.2. The monoisotopic (exact) mass is 263 g/mol. The first kappa shape index (κ1) is 14.8. The molecular weight excluding hydrogens is 246 g/mol. The van der Waals surface area contributed by atoms with Gasteiger partial charge in [0.1, 0.15) is 11.3 Å². The molecule has 102 valence electrons. The van der Waals surface area contributed by atoms with E-state index in [1.807, 2.05) is 6.07 Å². The van der Waals surface area contributed by atoms with Crippen LogP contribution in [0.25, 0.3) is 6.08 Å². The zero-order valence-electron chi connectivity index (χ0n) is 11.1. The second-order valence-electron chi connectivity index (χ2n) is 4.90. The van der Waals surface area contributed by atoms with Crippen LogP contribution in [-0.4, -0.2) is 22.8 Å². The Bertz CT molecular complexity index is 486. The highest BCUT2D eigenvalue weighted by Crippen LogP contribution is 2.09. The van der Waals surface area contributed by atoms with Gasteiger partial charge >= 0.3 is 12.1 Å². The molecule has 0 heterocycles. The van der Waals surface area contributed by atoms with Gasteiger partial charge in [0.15, 0.2) is 0 Å². The van der Waals surface area contributed by atoms with Gasteiger partial charge in [-0.2, -0.15) is 0 Å². The smallest absolute Gasteiger partial charge is 0.412 e. The quantitative estimate of drug-likeness (QED) is 0.822. The van der Waals surface area contributed by atoms with Crippen LogP contribution in [0.5, 0.6) is 0 Å². The lowest BCUT2D eigenvalue weighted by Crippen LogP contribution is -2.34. The first-order valence-corrected chi connectivity index (χ1v) is 5.78. The molecule has 0 radical (unpaired) electrons. The second-order valence-corrected chi connectivity index (χ2v) is 4.90. The summed E-state index contributed by atoms with van der Waals surface area (Å²) in [5.74, 6) is -1.23. The predicted octanol–water partition coefficient (Wildman–Crippen LogP) is 2.64. The Morgan fingerprint density at radius 2 is 1.79 bits per heavy atom. The van der Waals surface area contributed by atoms with Gasteiger partial charge in [0.05, 0.1) is 0 Å². The van der Waals surface area contributed by atoms with E-state index in [4.69, 9.17) is 9.84 Å². The second kappa shape index (κ2) is 6.04. The normalized spacial score (nSPS) is 11.8. The number of carbonyl (C=O) groups is 2. The van der Waals surface area contributed by atoms with Gasteiger partial charge in [-0.15, -0.1) is 0 Å². The fourth-order valence-corrected chi connectivity index (χ4v) is 1.28. The summed E-state index contributed by atoms with van der Waals surface area (Å²) in [6, 6.07) is 8.84. The Hall–Kier alpha value is -2.30. The SMILES string of the molecule is CC(C)(C)OC(=O)NC(=Cc1ccccc1)C(=O)O. The molecule has 0 saturated heterocycles. The molecule has 0 spiro atoms. The van der Waals surface area contributed by atoms with E-state index >= 15 is 0 Å². The molecule has 5 nitrogen and oxygen atoms in total. The summed E-state index contributed by atoms with van der Waals surface area (Å²) in [5, 5.41) is 11.3. The molecule has 0 bridgehead atoms. The minimum absolute atomic E-state index is 0.236. The number of carbonyl (C=O) groups excluding carboxylic acids is 1. The van der Waals surface area contributed by atoms with Gasteiger partial charge in [0, 0.05) is 0 Å². The van der Waals surface area contributed by atoms with Crippen molar-refractivity contribution < 1.29 is 19.4 Å². The number of amides is 1. The molecule has 1 amide bonds.